The molecule has 0 heterocycles. The van der Waals surface area contributed by atoms with Gasteiger partial charge in [-0.25, -0.2) is 12.8 Å². The third-order valence-corrected chi connectivity index (χ3v) is 4.64. The van der Waals surface area contributed by atoms with E-state index in [0.29, 0.717) is 5.56 Å². The SMILES string of the molecule is CC(C)O[C@H](c1ccc(S(C)(=O)=O)cc1)[C@@H](CF)NC(=O)C(Cl)Cl. The number of rotatable bonds is 8. The highest BCUT2D eigenvalue weighted by atomic mass is 35.5. The summed E-state index contributed by atoms with van der Waals surface area (Å²) in [4.78, 5) is 10.5. The third-order valence-electron chi connectivity index (χ3n) is 3.11. The summed E-state index contributed by atoms with van der Waals surface area (Å²) in [6.45, 7) is 2.62. The van der Waals surface area contributed by atoms with E-state index in [2.05, 4.69) is 5.32 Å². The second-order valence-electron chi connectivity index (χ2n) is 5.52. The van der Waals surface area contributed by atoms with Crippen molar-refractivity contribution in [1.29, 1.82) is 0 Å². The fourth-order valence-electron chi connectivity index (χ4n) is 2.04. The number of amides is 1. The lowest BCUT2D eigenvalue weighted by atomic mass is 10.0. The monoisotopic (exact) mass is 399 g/mol. The maximum absolute atomic E-state index is 13.5. The van der Waals surface area contributed by atoms with Gasteiger partial charge in [0.15, 0.2) is 14.7 Å². The number of carbonyl (C=O) groups excluding carboxylic acids is 1. The number of nitrogens with one attached hydrogen (secondary N) is 1. The van der Waals surface area contributed by atoms with Crippen LogP contribution in [0, 0.1) is 0 Å². The summed E-state index contributed by atoms with van der Waals surface area (Å²) < 4.78 is 42.2. The molecule has 1 rings (SSSR count). The molecule has 0 bridgehead atoms. The molecule has 5 nitrogen and oxygen atoms in total. The molecule has 1 aromatic carbocycles. The lowest BCUT2D eigenvalue weighted by Gasteiger charge is -2.28. The van der Waals surface area contributed by atoms with Gasteiger partial charge in [-0.05, 0) is 31.5 Å². The van der Waals surface area contributed by atoms with Gasteiger partial charge >= 0.3 is 0 Å². The van der Waals surface area contributed by atoms with Gasteiger partial charge in [0.2, 0.25) is 0 Å². The highest BCUT2D eigenvalue weighted by Gasteiger charge is 2.28. The van der Waals surface area contributed by atoms with Crippen LogP contribution in [-0.4, -0.2) is 44.2 Å². The lowest BCUT2D eigenvalue weighted by Crippen LogP contribution is -2.44. The van der Waals surface area contributed by atoms with Gasteiger partial charge in [-0.15, -0.1) is 0 Å². The van der Waals surface area contributed by atoms with E-state index >= 15 is 0 Å². The number of benzene rings is 1. The van der Waals surface area contributed by atoms with Crippen LogP contribution in [0.3, 0.4) is 0 Å². The number of carbonyl (C=O) groups is 1. The highest BCUT2D eigenvalue weighted by Crippen LogP contribution is 2.25. The first-order valence-electron chi connectivity index (χ1n) is 7.16. The topological polar surface area (TPSA) is 72.5 Å². The lowest BCUT2D eigenvalue weighted by molar-refractivity contribution is -0.122. The van der Waals surface area contributed by atoms with Gasteiger partial charge in [-0.3, -0.25) is 4.79 Å². The standard InChI is InChI=1S/C15H20Cl2FNO4S/c1-9(2)23-13(12(8-18)19-15(20)14(16)17)10-4-6-11(7-5-10)24(3,21)22/h4-7,9,12-14H,8H2,1-3H3,(H,19,20)/t12-,13-/m1/s1. The molecule has 0 aliphatic heterocycles. The number of ether oxygens (including phenoxy) is 1. The van der Waals surface area contributed by atoms with Gasteiger partial charge in [-0.1, -0.05) is 35.3 Å². The van der Waals surface area contributed by atoms with Gasteiger partial charge in [-0.2, -0.15) is 0 Å². The molecular formula is C15H20Cl2FNO4S. The molecular weight excluding hydrogens is 380 g/mol. The first-order chi connectivity index (χ1) is 11.1. The van der Waals surface area contributed by atoms with E-state index in [9.17, 15) is 17.6 Å². The zero-order valence-corrected chi connectivity index (χ0v) is 15.8. The van der Waals surface area contributed by atoms with Crippen LogP contribution in [-0.2, 0) is 19.4 Å². The molecule has 136 valence electrons. The van der Waals surface area contributed by atoms with Gasteiger partial charge in [0.25, 0.3) is 5.91 Å². The van der Waals surface area contributed by atoms with Gasteiger partial charge < -0.3 is 10.1 Å². The van der Waals surface area contributed by atoms with Crippen LogP contribution in [0.25, 0.3) is 0 Å². The molecule has 9 heteroatoms. The van der Waals surface area contributed by atoms with Crippen molar-refractivity contribution < 1.29 is 22.3 Å². The zero-order valence-electron chi connectivity index (χ0n) is 13.5. The summed E-state index contributed by atoms with van der Waals surface area (Å²) >= 11 is 11.0. The minimum Gasteiger partial charge on any atom is -0.369 e. The third kappa shape index (κ3) is 6.20. The summed E-state index contributed by atoms with van der Waals surface area (Å²) in [6, 6.07) is 4.85. The molecule has 0 aliphatic carbocycles. The summed E-state index contributed by atoms with van der Waals surface area (Å²) in [7, 11) is -3.34. The van der Waals surface area contributed by atoms with Crippen LogP contribution in [0.4, 0.5) is 4.39 Å². The second-order valence-corrected chi connectivity index (χ2v) is 8.63. The van der Waals surface area contributed by atoms with Crippen molar-refractivity contribution >= 4 is 38.9 Å². The summed E-state index contributed by atoms with van der Waals surface area (Å²) in [5, 5.41) is 2.39. The Labute approximate surface area is 151 Å². The van der Waals surface area contributed by atoms with Crippen molar-refractivity contribution in [2.75, 3.05) is 12.9 Å². The van der Waals surface area contributed by atoms with Gasteiger partial charge in [0.05, 0.1) is 17.0 Å². The fraction of sp³-hybridized carbons (Fsp3) is 0.533. The van der Waals surface area contributed by atoms with E-state index in [1.165, 1.54) is 24.3 Å². The molecule has 1 amide bonds. The van der Waals surface area contributed by atoms with E-state index in [1.54, 1.807) is 13.8 Å². The van der Waals surface area contributed by atoms with Gasteiger partial charge in [0, 0.05) is 6.26 Å². The van der Waals surface area contributed by atoms with Crippen LogP contribution in [0.1, 0.15) is 25.5 Å². The summed E-state index contributed by atoms with van der Waals surface area (Å²) in [6.07, 6.45) is 0.0217. The smallest absolute Gasteiger partial charge is 0.253 e. The highest BCUT2D eigenvalue weighted by molar-refractivity contribution is 7.90. The van der Waals surface area contributed by atoms with Crippen molar-refractivity contribution in [3.05, 3.63) is 29.8 Å². The van der Waals surface area contributed by atoms with Crippen molar-refractivity contribution in [3.8, 4) is 0 Å². The quantitative estimate of drug-likeness (QED) is 0.682. The van der Waals surface area contributed by atoms with E-state index in [0.717, 1.165) is 6.26 Å². The molecule has 0 aromatic heterocycles. The van der Waals surface area contributed by atoms with Crippen molar-refractivity contribution in [2.24, 2.45) is 0 Å². The molecule has 0 fully saturated rings. The van der Waals surface area contributed by atoms with Crippen molar-refractivity contribution in [3.63, 3.8) is 0 Å². The summed E-state index contributed by atoms with van der Waals surface area (Å²) in [5.41, 5.74) is 0.528. The predicted molar refractivity (Wildman–Crippen MR) is 91.9 cm³/mol. The number of hydrogen-bond acceptors (Lipinski definition) is 4. The maximum Gasteiger partial charge on any atom is 0.253 e. The second kappa shape index (κ2) is 8.99. The molecule has 2 atom stereocenters. The normalized spacial score (nSPS) is 14.7. The Bertz CT molecular complexity index is 650. The number of sulfone groups is 1. The van der Waals surface area contributed by atoms with E-state index in [4.69, 9.17) is 27.9 Å². The largest absolute Gasteiger partial charge is 0.369 e. The minimum atomic E-state index is -3.34. The minimum absolute atomic E-state index is 0.136. The molecule has 1 N–H and O–H groups in total. The van der Waals surface area contributed by atoms with Crippen LogP contribution in [0.15, 0.2) is 29.2 Å². The summed E-state index contributed by atoms with van der Waals surface area (Å²) in [5.74, 6) is -0.730. The number of halogens is 3. The number of alkyl halides is 3. The molecule has 0 spiro atoms. The molecule has 0 saturated heterocycles. The first-order valence-corrected chi connectivity index (χ1v) is 9.92. The Hall–Kier alpha value is -0.890. The molecule has 0 unspecified atom stereocenters. The van der Waals surface area contributed by atoms with Gasteiger partial charge in [0.1, 0.15) is 12.8 Å². The maximum atomic E-state index is 13.5. The zero-order chi connectivity index (χ0) is 18.5. The average molecular weight is 400 g/mol. The first kappa shape index (κ1) is 21.2. The average Bonchev–Trinajstić information content (AvgIpc) is 2.49. The van der Waals surface area contributed by atoms with Crippen LogP contribution < -0.4 is 5.32 Å². The van der Waals surface area contributed by atoms with Crippen molar-refractivity contribution in [1.82, 2.24) is 5.32 Å². The van der Waals surface area contributed by atoms with E-state index < -0.39 is 39.4 Å². The number of hydrogen-bond donors (Lipinski definition) is 1. The molecule has 24 heavy (non-hydrogen) atoms. The van der Waals surface area contributed by atoms with Crippen LogP contribution >= 0.6 is 23.2 Å². The molecule has 0 aliphatic rings. The Morgan fingerprint density at radius 2 is 1.79 bits per heavy atom. The van der Waals surface area contributed by atoms with E-state index in [1.807, 2.05) is 0 Å². The Morgan fingerprint density at radius 1 is 1.25 bits per heavy atom. The van der Waals surface area contributed by atoms with Crippen LogP contribution in [0.2, 0.25) is 0 Å². The molecule has 0 radical (unpaired) electrons. The molecule has 0 saturated carbocycles. The predicted octanol–water partition coefficient (Wildman–Crippen LogP) is 2.81. The van der Waals surface area contributed by atoms with E-state index in [-0.39, 0.29) is 11.0 Å². The fourth-order valence-corrected chi connectivity index (χ4v) is 2.80. The van der Waals surface area contributed by atoms with Crippen molar-refractivity contribution in [2.45, 2.75) is 41.8 Å². The Balaban J connectivity index is 3.13. The van der Waals surface area contributed by atoms with Crippen LogP contribution in [0.5, 0.6) is 0 Å². The molecule has 1 aromatic rings. The Kier molecular flexibility index (Phi) is 7.92. The Morgan fingerprint density at radius 3 is 2.17 bits per heavy atom.